The van der Waals surface area contributed by atoms with E-state index in [1.54, 1.807) is 0 Å². The van der Waals surface area contributed by atoms with Crippen molar-refractivity contribution in [1.29, 1.82) is 0 Å². The summed E-state index contributed by atoms with van der Waals surface area (Å²) in [5.41, 5.74) is 0. The van der Waals surface area contributed by atoms with E-state index in [1.165, 1.54) is 17.5 Å². The van der Waals surface area contributed by atoms with Crippen LogP contribution in [-0.4, -0.2) is 44.0 Å². The zero-order valence-electron chi connectivity index (χ0n) is 9.88. The quantitative estimate of drug-likeness (QED) is 0.804. The molecule has 17 heavy (non-hydrogen) atoms. The van der Waals surface area contributed by atoms with Crippen LogP contribution in [0.15, 0.2) is 10.4 Å². The Hall–Kier alpha value is -0.210. The fraction of sp³-hybridized carbons (Fsp3) is 0.667. The van der Waals surface area contributed by atoms with Gasteiger partial charge in [0.25, 0.3) is 10.0 Å². The second kappa shape index (κ2) is 6.10. The van der Waals surface area contributed by atoms with Crippen LogP contribution in [0.4, 0.5) is 0 Å². The predicted molar refractivity (Wildman–Crippen MR) is 68.0 cm³/mol. The summed E-state index contributed by atoms with van der Waals surface area (Å²) < 4.78 is 30.9. The lowest BCUT2D eigenvalue weighted by Crippen LogP contribution is -2.30. The third-order valence-electron chi connectivity index (χ3n) is 1.98. The molecule has 1 rings (SSSR count). The van der Waals surface area contributed by atoms with E-state index in [0.717, 1.165) is 11.3 Å². The Kier molecular flexibility index (Phi) is 5.33. The normalized spacial score (nSPS) is 12.6. The van der Waals surface area contributed by atoms with Crippen molar-refractivity contribution in [2.45, 2.75) is 24.2 Å². The Morgan fingerprint density at radius 2 is 2.24 bits per heavy atom. The van der Waals surface area contributed by atoms with E-state index in [2.05, 4.69) is 4.98 Å². The average molecular weight is 299 g/mol. The molecule has 0 aliphatic carbocycles. The van der Waals surface area contributed by atoms with Gasteiger partial charge in [0.1, 0.15) is 0 Å². The fourth-order valence-electron chi connectivity index (χ4n) is 1.05. The highest BCUT2D eigenvalue weighted by atomic mass is 35.5. The van der Waals surface area contributed by atoms with Crippen LogP contribution in [0.3, 0.4) is 0 Å². The molecule has 0 aliphatic heterocycles. The molecule has 0 saturated heterocycles. The average Bonchev–Trinajstić information content (AvgIpc) is 2.64. The molecule has 0 radical (unpaired) electrons. The minimum atomic E-state index is -3.49. The highest BCUT2D eigenvalue weighted by molar-refractivity contribution is 7.91. The van der Waals surface area contributed by atoms with Crippen molar-refractivity contribution in [1.82, 2.24) is 9.29 Å². The second-order valence-corrected chi connectivity index (χ2v) is 7.56. The molecule has 0 unspecified atom stereocenters. The van der Waals surface area contributed by atoms with Gasteiger partial charge in [-0.3, -0.25) is 0 Å². The molecular formula is C9H15ClN2O3S2. The van der Waals surface area contributed by atoms with Crippen LogP contribution in [0.25, 0.3) is 0 Å². The molecule has 0 aromatic carbocycles. The SMILES string of the molecule is CC(C)OCCN(C)S(=O)(=O)c1cnc(Cl)s1. The molecule has 0 spiro atoms. The summed E-state index contributed by atoms with van der Waals surface area (Å²) in [5.74, 6) is 0. The van der Waals surface area contributed by atoms with E-state index >= 15 is 0 Å². The monoisotopic (exact) mass is 298 g/mol. The van der Waals surface area contributed by atoms with Crippen molar-refractivity contribution < 1.29 is 13.2 Å². The Balaban J connectivity index is 2.64. The minimum Gasteiger partial charge on any atom is -0.377 e. The number of halogens is 1. The standard InChI is InChI=1S/C9H15ClN2O3S2/c1-7(2)15-5-4-12(3)17(13,14)8-6-11-9(10)16-8/h6-7H,4-5H2,1-3H3. The molecule has 5 nitrogen and oxygen atoms in total. The van der Waals surface area contributed by atoms with Crippen LogP contribution < -0.4 is 0 Å². The van der Waals surface area contributed by atoms with Crippen molar-refractivity contribution >= 4 is 33.0 Å². The second-order valence-electron chi connectivity index (χ2n) is 3.68. The molecule has 0 saturated carbocycles. The molecular weight excluding hydrogens is 284 g/mol. The number of ether oxygens (including phenoxy) is 1. The van der Waals surface area contributed by atoms with Gasteiger partial charge in [-0.25, -0.2) is 13.4 Å². The van der Waals surface area contributed by atoms with Crippen molar-refractivity contribution in [2.24, 2.45) is 0 Å². The third-order valence-corrected chi connectivity index (χ3v) is 5.39. The number of hydrogen-bond acceptors (Lipinski definition) is 5. The number of nitrogens with zero attached hydrogens (tertiary/aromatic N) is 2. The lowest BCUT2D eigenvalue weighted by molar-refractivity contribution is 0.0737. The first kappa shape index (κ1) is 14.8. The Morgan fingerprint density at radius 3 is 2.71 bits per heavy atom. The molecule has 0 N–H and O–H groups in total. The fourth-order valence-corrected chi connectivity index (χ4v) is 3.71. The van der Waals surface area contributed by atoms with E-state index in [9.17, 15) is 8.42 Å². The van der Waals surface area contributed by atoms with Gasteiger partial charge in [-0.15, -0.1) is 0 Å². The Labute approximate surface area is 110 Å². The topological polar surface area (TPSA) is 59.5 Å². The highest BCUT2D eigenvalue weighted by Gasteiger charge is 2.23. The Morgan fingerprint density at radius 1 is 1.59 bits per heavy atom. The maximum Gasteiger partial charge on any atom is 0.254 e. The van der Waals surface area contributed by atoms with Crippen molar-refractivity contribution in [2.75, 3.05) is 20.2 Å². The number of sulfonamides is 1. The van der Waals surface area contributed by atoms with Gasteiger partial charge < -0.3 is 4.74 Å². The lowest BCUT2D eigenvalue weighted by atomic mass is 10.5. The summed E-state index contributed by atoms with van der Waals surface area (Å²) in [5, 5.41) is 0. The van der Waals surface area contributed by atoms with Crippen LogP contribution >= 0.6 is 22.9 Å². The van der Waals surface area contributed by atoms with Crippen molar-refractivity contribution in [3.05, 3.63) is 10.7 Å². The van der Waals surface area contributed by atoms with Crippen LogP contribution in [-0.2, 0) is 14.8 Å². The summed E-state index contributed by atoms with van der Waals surface area (Å²) in [6, 6.07) is 0. The van der Waals surface area contributed by atoms with E-state index in [0.29, 0.717) is 13.2 Å². The van der Waals surface area contributed by atoms with E-state index < -0.39 is 10.0 Å². The van der Waals surface area contributed by atoms with E-state index in [1.807, 2.05) is 13.8 Å². The number of hydrogen-bond donors (Lipinski definition) is 0. The van der Waals surface area contributed by atoms with Crippen LogP contribution in [0.2, 0.25) is 4.47 Å². The number of thiazole rings is 1. The zero-order valence-corrected chi connectivity index (χ0v) is 12.3. The van der Waals surface area contributed by atoms with E-state index in [4.69, 9.17) is 16.3 Å². The maximum atomic E-state index is 12.0. The third kappa shape index (κ3) is 4.18. The minimum absolute atomic E-state index is 0.0870. The molecule has 1 heterocycles. The molecule has 1 aromatic heterocycles. The number of likely N-dealkylation sites (N-methyl/N-ethyl adjacent to an activating group) is 1. The number of rotatable bonds is 6. The summed E-state index contributed by atoms with van der Waals surface area (Å²) in [4.78, 5) is 3.72. The molecule has 0 bridgehead atoms. The molecule has 0 atom stereocenters. The smallest absolute Gasteiger partial charge is 0.254 e. The van der Waals surface area contributed by atoms with Crippen LogP contribution in [0, 0.1) is 0 Å². The van der Waals surface area contributed by atoms with Gasteiger partial charge in [0.15, 0.2) is 8.68 Å². The summed E-state index contributed by atoms with van der Waals surface area (Å²) in [6.45, 7) is 4.46. The summed E-state index contributed by atoms with van der Waals surface area (Å²) in [7, 11) is -1.98. The molecule has 0 aliphatic rings. The van der Waals surface area contributed by atoms with Crippen molar-refractivity contribution in [3.8, 4) is 0 Å². The zero-order chi connectivity index (χ0) is 13.1. The van der Waals surface area contributed by atoms with Gasteiger partial charge >= 0.3 is 0 Å². The van der Waals surface area contributed by atoms with Gasteiger partial charge in [-0.05, 0) is 13.8 Å². The first-order valence-corrected chi connectivity index (χ1v) is 7.66. The largest absolute Gasteiger partial charge is 0.377 e. The molecule has 0 amide bonds. The molecule has 8 heteroatoms. The molecule has 98 valence electrons. The lowest BCUT2D eigenvalue weighted by Gasteiger charge is -2.16. The molecule has 0 fully saturated rings. The first-order chi connectivity index (χ1) is 7.84. The predicted octanol–water partition coefficient (Wildman–Crippen LogP) is 1.84. The van der Waals surface area contributed by atoms with Gasteiger partial charge in [0.05, 0.1) is 18.9 Å². The van der Waals surface area contributed by atoms with Crippen molar-refractivity contribution in [3.63, 3.8) is 0 Å². The van der Waals surface area contributed by atoms with Gasteiger partial charge in [0, 0.05) is 13.6 Å². The van der Waals surface area contributed by atoms with Crippen LogP contribution in [0.5, 0.6) is 0 Å². The highest BCUT2D eigenvalue weighted by Crippen LogP contribution is 2.24. The maximum absolute atomic E-state index is 12.0. The molecule has 1 aromatic rings. The van der Waals surface area contributed by atoms with Gasteiger partial charge in [-0.2, -0.15) is 4.31 Å². The van der Waals surface area contributed by atoms with Gasteiger partial charge in [-0.1, -0.05) is 22.9 Å². The first-order valence-electron chi connectivity index (χ1n) is 5.03. The summed E-state index contributed by atoms with van der Waals surface area (Å²) >= 11 is 6.56. The summed E-state index contributed by atoms with van der Waals surface area (Å²) in [6.07, 6.45) is 1.35. The number of aromatic nitrogens is 1. The Bertz CT molecular complexity index is 459. The van der Waals surface area contributed by atoms with Gasteiger partial charge in [0.2, 0.25) is 0 Å². The van der Waals surface area contributed by atoms with Crippen LogP contribution in [0.1, 0.15) is 13.8 Å². The van der Waals surface area contributed by atoms with E-state index in [-0.39, 0.29) is 14.8 Å².